The second-order valence-electron chi connectivity index (χ2n) is 3.62. The van der Waals surface area contributed by atoms with Crippen molar-refractivity contribution >= 4 is 37.8 Å². The van der Waals surface area contributed by atoms with E-state index in [9.17, 15) is 4.79 Å². The number of carbonyl (C=O) groups excluding carboxylic acids is 1. The van der Waals surface area contributed by atoms with Gasteiger partial charge >= 0.3 is 0 Å². The van der Waals surface area contributed by atoms with Crippen LogP contribution >= 0.6 is 31.9 Å². The Bertz CT molecular complexity index is 376. The number of aliphatic hydroxyl groups is 1. The zero-order valence-corrected chi connectivity index (χ0v) is 12.8. The van der Waals surface area contributed by atoms with Crippen molar-refractivity contribution in [2.45, 2.75) is 13.3 Å². The SMILES string of the molecule is CCN(CCCO)C(=O)c1cc(Br)cc(Br)c1. The van der Waals surface area contributed by atoms with Crippen LogP contribution in [0, 0.1) is 0 Å². The summed E-state index contributed by atoms with van der Waals surface area (Å²) in [7, 11) is 0. The van der Waals surface area contributed by atoms with Gasteiger partial charge in [-0.1, -0.05) is 31.9 Å². The Morgan fingerprint density at radius 1 is 1.29 bits per heavy atom. The summed E-state index contributed by atoms with van der Waals surface area (Å²) >= 11 is 6.73. The van der Waals surface area contributed by atoms with E-state index < -0.39 is 0 Å². The van der Waals surface area contributed by atoms with Crippen molar-refractivity contribution in [2.75, 3.05) is 19.7 Å². The summed E-state index contributed by atoms with van der Waals surface area (Å²) in [6.07, 6.45) is 0.606. The van der Waals surface area contributed by atoms with E-state index in [1.165, 1.54) is 0 Å². The number of rotatable bonds is 5. The number of carbonyl (C=O) groups is 1. The van der Waals surface area contributed by atoms with Crippen molar-refractivity contribution in [3.63, 3.8) is 0 Å². The van der Waals surface area contributed by atoms with Gasteiger partial charge in [0, 0.05) is 34.2 Å². The van der Waals surface area contributed by atoms with Crippen molar-refractivity contribution in [3.8, 4) is 0 Å². The van der Waals surface area contributed by atoms with E-state index >= 15 is 0 Å². The molecule has 0 saturated heterocycles. The van der Waals surface area contributed by atoms with Crippen LogP contribution in [0.5, 0.6) is 0 Å². The number of hydrogen-bond acceptors (Lipinski definition) is 2. The highest BCUT2D eigenvalue weighted by atomic mass is 79.9. The molecule has 0 heterocycles. The van der Waals surface area contributed by atoms with Crippen molar-refractivity contribution < 1.29 is 9.90 Å². The Hall–Kier alpha value is -0.390. The molecule has 1 aromatic carbocycles. The van der Waals surface area contributed by atoms with Crippen LogP contribution in [0.4, 0.5) is 0 Å². The molecule has 0 aliphatic rings. The predicted octanol–water partition coefficient (Wildman–Crippen LogP) is 3.06. The van der Waals surface area contributed by atoms with E-state index in [-0.39, 0.29) is 12.5 Å². The van der Waals surface area contributed by atoms with Crippen molar-refractivity contribution in [2.24, 2.45) is 0 Å². The first-order valence-corrected chi connectivity index (χ1v) is 7.03. The number of nitrogens with zero attached hydrogens (tertiary/aromatic N) is 1. The third-order valence-electron chi connectivity index (χ3n) is 2.36. The fourth-order valence-electron chi connectivity index (χ4n) is 1.52. The first kappa shape index (κ1) is 14.7. The fourth-order valence-corrected chi connectivity index (χ4v) is 2.82. The Kier molecular flexibility index (Phi) is 6.16. The predicted molar refractivity (Wildman–Crippen MR) is 75.1 cm³/mol. The summed E-state index contributed by atoms with van der Waals surface area (Å²) < 4.78 is 1.74. The van der Waals surface area contributed by atoms with Gasteiger partial charge in [-0.25, -0.2) is 0 Å². The van der Waals surface area contributed by atoms with E-state index in [0.717, 1.165) is 8.95 Å². The molecular formula is C12H15Br2NO2. The minimum absolute atomic E-state index is 0.0112. The van der Waals surface area contributed by atoms with Gasteiger partial charge in [-0.05, 0) is 31.5 Å². The highest BCUT2D eigenvalue weighted by molar-refractivity contribution is 9.11. The van der Waals surface area contributed by atoms with Crippen LogP contribution in [0.3, 0.4) is 0 Å². The van der Waals surface area contributed by atoms with Gasteiger partial charge in [0.1, 0.15) is 0 Å². The van der Waals surface area contributed by atoms with Crippen LogP contribution in [0.25, 0.3) is 0 Å². The first-order chi connectivity index (χ1) is 8.08. The molecule has 1 N–H and O–H groups in total. The molecule has 1 amide bonds. The second-order valence-corrected chi connectivity index (χ2v) is 5.45. The topological polar surface area (TPSA) is 40.5 Å². The molecule has 0 aliphatic carbocycles. The number of benzene rings is 1. The summed E-state index contributed by atoms with van der Waals surface area (Å²) in [6.45, 7) is 3.26. The third kappa shape index (κ3) is 4.41. The normalized spacial score (nSPS) is 10.4. The summed E-state index contributed by atoms with van der Waals surface area (Å²) in [6, 6.07) is 5.49. The third-order valence-corrected chi connectivity index (χ3v) is 3.28. The molecule has 0 aliphatic heterocycles. The highest BCUT2D eigenvalue weighted by Crippen LogP contribution is 2.21. The van der Waals surface area contributed by atoms with Crippen LogP contribution in [-0.2, 0) is 0 Å². The van der Waals surface area contributed by atoms with Gasteiger partial charge in [0.25, 0.3) is 5.91 Å². The fraction of sp³-hybridized carbons (Fsp3) is 0.417. The maximum Gasteiger partial charge on any atom is 0.253 e. The lowest BCUT2D eigenvalue weighted by Crippen LogP contribution is -2.32. The minimum atomic E-state index is -0.0112. The minimum Gasteiger partial charge on any atom is -0.396 e. The number of halogens is 2. The molecule has 5 heteroatoms. The molecule has 1 rings (SSSR count). The van der Waals surface area contributed by atoms with Crippen molar-refractivity contribution in [1.29, 1.82) is 0 Å². The molecule has 0 radical (unpaired) electrons. The van der Waals surface area contributed by atoms with Crippen LogP contribution in [0.1, 0.15) is 23.7 Å². The Morgan fingerprint density at radius 2 is 1.88 bits per heavy atom. The molecule has 0 aromatic heterocycles. The average Bonchev–Trinajstić information content (AvgIpc) is 2.28. The summed E-state index contributed by atoms with van der Waals surface area (Å²) in [5, 5.41) is 8.80. The molecule has 94 valence electrons. The Balaban J connectivity index is 2.85. The smallest absolute Gasteiger partial charge is 0.253 e. The van der Waals surface area contributed by atoms with Crippen LogP contribution in [0.2, 0.25) is 0 Å². The molecule has 3 nitrogen and oxygen atoms in total. The largest absolute Gasteiger partial charge is 0.396 e. The zero-order chi connectivity index (χ0) is 12.8. The first-order valence-electron chi connectivity index (χ1n) is 5.44. The maximum atomic E-state index is 12.2. The molecule has 17 heavy (non-hydrogen) atoms. The zero-order valence-electron chi connectivity index (χ0n) is 9.62. The van der Waals surface area contributed by atoms with Crippen LogP contribution in [-0.4, -0.2) is 35.6 Å². The summed E-state index contributed by atoms with van der Waals surface area (Å²) in [4.78, 5) is 13.9. The number of hydrogen-bond donors (Lipinski definition) is 1. The monoisotopic (exact) mass is 363 g/mol. The van der Waals surface area contributed by atoms with E-state index in [1.54, 1.807) is 17.0 Å². The Morgan fingerprint density at radius 3 is 2.35 bits per heavy atom. The van der Waals surface area contributed by atoms with Crippen molar-refractivity contribution in [1.82, 2.24) is 4.90 Å². The highest BCUT2D eigenvalue weighted by Gasteiger charge is 2.14. The number of amides is 1. The standard InChI is InChI=1S/C12H15Br2NO2/c1-2-15(4-3-5-16)12(17)9-6-10(13)8-11(14)7-9/h6-8,16H,2-5H2,1H3. The van der Waals surface area contributed by atoms with E-state index in [2.05, 4.69) is 31.9 Å². The second kappa shape index (κ2) is 7.13. The lowest BCUT2D eigenvalue weighted by atomic mass is 10.2. The average molecular weight is 365 g/mol. The van der Waals surface area contributed by atoms with Crippen molar-refractivity contribution in [3.05, 3.63) is 32.7 Å². The molecule has 0 fully saturated rings. The molecule has 0 atom stereocenters. The van der Waals surface area contributed by atoms with E-state index in [0.29, 0.717) is 25.1 Å². The molecule has 0 spiro atoms. The molecule has 0 unspecified atom stereocenters. The summed E-state index contributed by atoms with van der Waals surface area (Å²) in [5.74, 6) is -0.0112. The van der Waals surface area contributed by atoms with E-state index in [1.807, 2.05) is 13.0 Å². The Labute approximate surface area is 118 Å². The van der Waals surface area contributed by atoms with E-state index in [4.69, 9.17) is 5.11 Å². The van der Waals surface area contributed by atoms with Crippen LogP contribution in [0.15, 0.2) is 27.1 Å². The quantitative estimate of drug-likeness (QED) is 0.872. The molecule has 0 saturated carbocycles. The van der Waals surface area contributed by atoms with Gasteiger partial charge in [0.2, 0.25) is 0 Å². The van der Waals surface area contributed by atoms with Gasteiger partial charge < -0.3 is 10.0 Å². The number of aliphatic hydroxyl groups excluding tert-OH is 1. The van der Waals surface area contributed by atoms with Gasteiger partial charge in [0.05, 0.1) is 0 Å². The summed E-state index contributed by atoms with van der Waals surface area (Å²) in [5.41, 5.74) is 0.644. The molecule has 1 aromatic rings. The molecule has 0 bridgehead atoms. The lowest BCUT2D eigenvalue weighted by Gasteiger charge is -2.20. The van der Waals surface area contributed by atoms with Gasteiger partial charge in [-0.15, -0.1) is 0 Å². The van der Waals surface area contributed by atoms with Crippen LogP contribution < -0.4 is 0 Å². The molecular weight excluding hydrogens is 350 g/mol. The maximum absolute atomic E-state index is 12.2. The lowest BCUT2D eigenvalue weighted by molar-refractivity contribution is 0.0754. The van der Waals surface area contributed by atoms with Gasteiger partial charge in [-0.2, -0.15) is 0 Å². The van der Waals surface area contributed by atoms with Gasteiger partial charge in [0.15, 0.2) is 0 Å². The van der Waals surface area contributed by atoms with Gasteiger partial charge in [-0.3, -0.25) is 4.79 Å².